The van der Waals surface area contributed by atoms with Crippen LogP contribution in [0, 0.1) is 0 Å². The second-order valence-electron chi connectivity index (χ2n) is 6.61. The highest BCUT2D eigenvalue weighted by Crippen LogP contribution is 2.26. The summed E-state index contributed by atoms with van der Waals surface area (Å²) in [5.74, 6) is -0.264. The molecule has 0 heterocycles. The topological polar surface area (TPSA) is 26.3 Å². The van der Waals surface area contributed by atoms with E-state index in [2.05, 4.69) is 19.1 Å². The molecular formula is C23H30O2. The number of esters is 1. The monoisotopic (exact) mass is 338 g/mol. The van der Waals surface area contributed by atoms with Crippen LogP contribution < -0.4 is 0 Å². The Morgan fingerprint density at radius 1 is 0.880 bits per heavy atom. The minimum atomic E-state index is -0.264. The molecule has 0 radical (unpaired) electrons. The van der Waals surface area contributed by atoms with Crippen LogP contribution in [0.25, 0.3) is 11.1 Å². The van der Waals surface area contributed by atoms with Gasteiger partial charge >= 0.3 is 5.97 Å². The second kappa shape index (κ2) is 10.7. The lowest BCUT2D eigenvalue weighted by molar-refractivity contribution is 0.0601. The number of unbranched alkanes of at least 4 members (excludes halogenated alkanes) is 6. The Morgan fingerprint density at radius 2 is 1.56 bits per heavy atom. The molecule has 0 spiro atoms. The third-order valence-electron chi connectivity index (χ3n) is 4.64. The number of carbonyl (C=O) groups is 1. The van der Waals surface area contributed by atoms with Gasteiger partial charge in [0.15, 0.2) is 0 Å². The van der Waals surface area contributed by atoms with Gasteiger partial charge in [-0.15, -0.1) is 0 Å². The van der Waals surface area contributed by atoms with Gasteiger partial charge < -0.3 is 4.74 Å². The summed E-state index contributed by atoms with van der Waals surface area (Å²) in [5, 5.41) is 0. The molecule has 0 aliphatic heterocycles. The first kappa shape index (κ1) is 19.2. The van der Waals surface area contributed by atoms with E-state index in [1.54, 1.807) is 0 Å². The zero-order valence-electron chi connectivity index (χ0n) is 15.6. The summed E-state index contributed by atoms with van der Waals surface area (Å²) < 4.78 is 5.00. The Labute approximate surface area is 152 Å². The van der Waals surface area contributed by atoms with E-state index in [1.165, 1.54) is 57.6 Å². The smallest absolute Gasteiger partial charge is 0.338 e. The third-order valence-corrected chi connectivity index (χ3v) is 4.64. The van der Waals surface area contributed by atoms with Gasteiger partial charge in [0.05, 0.1) is 12.7 Å². The first-order valence-corrected chi connectivity index (χ1v) is 9.53. The summed E-state index contributed by atoms with van der Waals surface area (Å²) in [5.41, 5.74) is 3.86. The first-order chi connectivity index (χ1) is 12.3. The molecule has 25 heavy (non-hydrogen) atoms. The fraction of sp³-hybridized carbons (Fsp3) is 0.435. The third kappa shape index (κ3) is 6.04. The van der Waals surface area contributed by atoms with Gasteiger partial charge in [-0.2, -0.15) is 0 Å². The molecule has 0 amide bonds. The number of ether oxygens (including phenoxy) is 1. The summed E-state index contributed by atoms with van der Waals surface area (Å²) >= 11 is 0. The van der Waals surface area contributed by atoms with Gasteiger partial charge in [0.25, 0.3) is 0 Å². The Balaban J connectivity index is 2.00. The molecule has 0 saturated carbocycles. The fourth-order valence-electron chi connectivity index (χ4n) is 3.18. The van der Waals surface area contributed by atoms with Crippen molar-refractivity contribution in [2.45, 2.75) is 58.3 Å². The van der Waals surface area contributed by atoms with E-state index in [1.807, 2.05) is 36.4 Å². The molecule has 0 aliphatic carbocycles. The molecule has 134 valence electrons. The molecule has 0 atom stereocenters. The lowest BCUT2D eigenvalue weighted by atomic mass is 9.95. The van der Waals surface area contributed by atoms with Gasteiger partial charge in [-0.3, -0.25) is 0 Å². The van der Waals surface area contributed by atoms with Crippen molar-refractivity contribution < 1.29 is 9.53 Å². The number of hydrogen-bond donors (Lipinski definition) is 0. The van der Waals surface area contributed by atoms with Crippen LogP contribution in [0.3, 0.4) is 0 Å². The van der Waals surface area contributed by atoms with Crippen molar-refractivity contribution >= 4 is 5.97 Å². The van der Waals surface area contributed by atoms with Crippen LogP contribution in [-0.4, -0.2) is 13.1 Å². The van der Waals surface area contributed by atoms with Gasteiger partial charge in [-0.1, -0.05) is 87.9 Å². The van der Waals surface area contributed by atoms with Crippen molar-refractivity contribution in [3.05, 3.63) is 59.7 Å². The molecule has 2 heteroatoms. The zero-order valence-corrected chi connectivity index (χ0v) is 15.6. The molecule has 2 aromatic carbocycles. The highest BCUT2D eigenvalue weighted by Gasteiger charge is 2.14. The van der Waals surface area contributed by atoms with Gasteiger partial charge in [-0.05, 0) is 35.6 Å². The van der Waals surface area contributed by atoms with Crippen LogP contribution in [0.15, 0.2) is 48.5 Å². The molecule has 0 bridgehead atoms. The summed E-state index contributed by atoms with van der Waals surface area (Å²) in [6.45, 7) is 2.25. The van der Waals surface area contributed by atoms with Crippen LogP contribution >= 0.6 is 0 Å². The first-order valence-electron chi connectivity index (χ1n) is 9.53. The fourth-order valence-corrected chi connectivity index (χ4v) is 3.18. The average molecular weight is 338 g/mol. The molecule has 0 aliphatic rings. The molecule has 0 fully saturated rings. The van der Waals surface area contributed by atoms with E-state index >= 15 is 0 Å². The van der Waals surface area contributed by atoms with E-state index in [4.69, 9.17) is 4.74 Å². The highest BCUT2D eigenvalue weighted by atomic mass is 16.5. The Kier molecular flexibility index (Phi) is 8.24. The molecule has 2 nitrogen and oxygen atoms in total. The maximum absolute atomic E-state index is 12.2. The predicted molar refractivity (Wildman–Crippen MR) is 105 cm³/mol. The normalized spacial score (nSPS) is 10.6. The number of methoxy groups -OCH3 is 1. The Morgan fingerprint density at radius 3 is 2.24 bits per heavy atom. The molecule has 0 aromatic heterocycles. The van der Waals surface area contributed by atoms with Gasteiger partial charge in [-0.25, -0.2) is 4.79 Å². The van der Waals surface area contributed by atoms with Crippen molar-refractivity contribution in [2.75, 3.05) is 7.11 Å². The molecule has 2 aromatic rings. The number of hydrogen-bond acceptors (Lipinski definition) is 2. The van der Waals surface area contributed by atoms with Crippen LogP contribution in [0.1, 0.15) is 67.8 Å². The minimum absolute atomic E-state index is 0.264. The minimum Gasteiger partial charge on any atom is -0.465 e. The quantitative estimate of drug-likeness (QED) is 0.368. The van der Waals surface area contributed by atoms with Gasteiger partial charge in [0.2, 0.25) is 0 Å². The molecular weight excluding hydrogens is 308 g/mol. The maximum Gasteiger partial charge on any atom is 0.338 e. The van der Waals surface area contributed by atoms with E-state index in [0.717, 1.165) is 17.5 Å². The Bertz CT molecular complexity index is 646. The summed E-state index contributed by atoms with van der Waals surface area (Å²) in [7, 11) is 1.44. The largest absolute Gasteiger partial charge is 0.465 e. The summed E-state index contributed by atoms with van der Waals surface area (Å²) in [4.78, 5) is 12.2. The molecule has 0 saturated heterocycles. The van der Waals surface area contributed by atoms with Crippen molar-refractivity contribution in [3.8, 4) is 11.1 Å². The van der Waals surface area contributed by atoms with Gasteiger partial charge in [0, 0.05) is 0 Å². The van der Waals surface area contributed by atoms with Gasteiger partial charge in [0.1, 0.15) is 0 Å². The average Bonchev–Trinajstić information content (AvgIpc) is 2.67. The predicted octanol–water partition coefficient (Wildman–Crippen LogP) is 6.43. The summed E-state index contributed by atoms with van der Waals surface area (Å²) in [6.07, 6.45) is 10.1. The van der Waals surface area contributed by atoms with E-state index in [-0.39, 0.29) is 5.97 Å². The van der Waals surface area contributed by atoms with Crippen molar-refractivity contribution in [2.24, 2.45) is 0 Å². The van der Waals surface area contributed by atoms with Crippen molar-refractivity contribution in [3.63, 3.8) is 0 Å². The number of rotatable bonds is 10. The molecule has 0 unspecified atom stereocenters. The lowest BCUT2D eigenvalue weighted by Gasteiger charge is -2.11. The van der Waals surface area contributed by atoms with Crippen LogP contribution in [0.2, 0.25) is 0 Å². The summed E-state index contributed by atoms with van der Waals surface area (Å²) in [6, 6.07) is 16.2. The standard InChI is InChI=1S/C23H30O2/c1-3-4-5-6-7-8-10-13-19-16-17-21(20-14-11-9-12-15-20)22(18-19)23(24)25-2/h9,11-12,14-18H,3-8,10,13H2,1-2H3. The van der Waals surface area contributed by atoms with E-state index in [0.29, 0.717) is 5.56 Å². The van der Waals surface area contributed by atoms with Crippen LogP contribution in [-0.2, 0) is 11.2 Å². The zero-order chi connectivity index (χ0) is 17.9. The van der Waals surface area contributed by atoms with E-state index in [9.17, 15) is 4.79 Å². The second-order valence-corrected chi connectivity index (χ2v) is 6.61. The van der Waals surface area contributed by atoms with E-state index < -0.39 is 0 Å². The molecule has 2 rings (SSSR count). The molecule has 0 N–H and O–H groups in total. The Hall–Kier alpha value is -2.09. The van der Waals surface area contributed by atoms with Crippen molar-refractivity contribution in [1.82, 2.24) is 0 Å². The number of aryl methyl sites for hydroxylation is 1. The SMILES string of the molecule is CCCCCCCCCc1ccc(-c2ccccc2)c(C(=O)OC)c1. The lowest BCUT2D eigenvalue weighted by Crippen LogP contribution is -2.05. The van der Waals surface area contributed by atoms with Crippen LogP contribution in [0.4, 0.5) is 0 Å². The number of benzene rings is 2. The highest BCUT2D eigenvalue weighted by molar-refractivity contribution is 5.97. The van der Waals surface area contributed by atoms with Crippen LogP contribution in [0.5, 0.6) is 0 Å². The number of carbonyl (C=O) groups excluding carboxylic acids is 1. The maximum atomic E-state index is 12.2. The van der Waals surface area contributed by atoms with Crippen molar-refractivity contribution in [1.29, 1.82) is 0 Å².